The third kappa shape index (κ3) is 3.23. The van der Waals surface area contributed by atoms with Crippen molar-refractivity contribution in [2.45, 2.75) is 32.0 Å². The van der Waals surface area contributed by atoms with Crippen LogP contribution in [-0.4, -0.2) is 38.4 Å². The molecule has 8 heteroatoms. The van der Waals surface area contributed by atoms with E-state index in [4.69, 9.17) is 4.98 Å². The van der Waals surface area contributed by atoms with E-state index < -0.39 is 11.7 Å². The fourth-order valence-corrected chi connectivity index (χ4v) is 3.77. The number of hydrogen-bond donors (Lipinski definition) is 0. The molecule has 1 fully saturated rings. The van der Waals surface area contributed by atoms with Gasteiger partial charge in [0.1, 0.15) is 11.3 Å². The molecular weight excluding hydrogens is 369 g/mol. The summed E-state index contributed by atoms with van der Waals surface area (Å²) >= 11 is 0. The average molecular weight is 388 g/mol. The van der Waals surface area contributed by atoms with Crippen molar-refractivity contribution in [1.29, 1.82) is 0 Å². The molecule has 28 heavy (non-hydrogen) atoms. The Morgan fingerprint density at radius 2 is 2.07 bits per heavy atom. The number of carbonyl (C=O) groups is 1. The highest BCUT2D eigenvalue weighted by molar-refractivity contribution is 5.94. The molecule has 1 amide bonds. The minimum absolute atomic E-state index is 0.0314. The van der Waals surface area contributed by atoms with Crippen molar-refractivity contribution in [3.05, 3.63) is 59.5 Å². The number of nitrogens with zero attached hydrogens (tertiary/aromatic N) is 4. The van der Waals surface area contributed by atoms with Crippen molar-refractivity contribution >= 4 is 17.1 Å². The first kappa shape index (κ1) is 18.5. The first-order valence-corrected chi connectivity index (χ1v) is 9.16. The van der Waals surface area contributed by atoms with Crippen molar-refractivity contribution in [2.75, 3.05) is 13.1 Å². The summed E-state index contributed by atoms with van der Waals surface area (Å²) in [5, 5.41) is 0. The van der Waals surface area contributed by atoms with Crippen LogP contribution in [0.4, 0.5) is 13.2 Å². The summed E-state index contributed by atoms with van der Waals surface area (Å²) in [7, 11) is 0. The van der Waals surface area contributed by atoms with Crippen LogP contribution in [0.25, 0.3) is 11.2 Å². The molecule has 3 aromatic rings. The van der Waals surface area contributed by atoms with E-state index in [2.05, 4.69) is 4.98 Å². The van der Waals surface area contributed by atoms with Gasteiger partial charge in [-0.2, -0.15) is 13.2 Å². The molecule has 0 saturated carbocycles. The van der Waals surface area contributed by atoms with E-state index in [-0.39, 0.29) is 17.4 Å². The minimum Gasteiger partial charge on any atom is -0.338 e. The maximum Gasteiger partial charge on any atom is 0.416 e. The standard InChI is InChI=1S/C20H19F3N4O/c1-2-27-17(25-16-7-4-9-24-18(16)27)14-8-10-26(12-14)19(28)13-5-3-6-15(11-13)20(21,22)23/h3-7,9,11,14H,2,8,10,12H2,1H3. The van der Waals surface area contributed by atoms with Gasteiger partial charge in [-0.1, -0.05) is 6.07 Å². The van der Waals surface area contributed by atoms with Crippen LogP contribution in [-0.2, 0) is 12.7 Å². The van der Waals surface area contributed by atoms with Crippen LogP contribution in [0, 0.1) is 0 Å². The molecule has 1 aliphatic rings. The smallest absolute Gasteiger partial charge is 0.338 e. The van der Waals surface area contributed by atoms with Gasteiger partial charge in [-0.05, 0) is 43.7 Å². The molecule has 3 heterocycles. The number of alkyl halides is 3. The lowest BCUT2D eigenvalue weighted by molar-refractivity contribution is -0.137. The van der Waals surface area contributed by atoms with Gasteiger partial charge in [0.2, 0.25) is 0 Å². The number of pyridine rings is 1. The molecule has 1 unspecified atom stereocenters. The molecule has 2 aromatic heterocycles. The van der Waals surface area contributed by atoms with Crippen LogP contribution in [0.3, 0.4) is 0 Å². The lowest BCUT2D eigenvalue weighted by Crippen LogP contribution is -2.29. The Balaban J connectivity index is 1.57. The molecule has 1 atom stereocenters. The van der Waals surface area contributed by atoms with E-state index >= 15 is 0 Å². The van der Waals surface area contributed by atoms with E-state index in [9.17, 15) is 18.0 Å². The van der Waals surface area contributed by atoms with Gasteiger partial charge < -0.3 is 9.47 Å². The Labute approximate surface area is 159 Å². The second-order valence-corrected chi connectivity index (χ2v) is 6.88. The highest BCUT2D eigenvalue weighted by Crippen LogP contribution is 2.32. The molecule has 0 N–H and O–H groups in total. The van der Waals surface area contributed by atoms with Gasteiger partial charge in [0.15, 0.2) is 5.65 Å². The van der Waals surface area contributed by atoms with Crippen LogP contribution >= 0.6 is 0 Å². The summed E-state index contributed by atoms with van der Waals surface area (Å²) in [6, 6.07) is 8.32. The molecule has 0 aliphatic carbocycles. The number of aromatic nitrogens is 3. The largest absolute Gasteiger partial charge is 0.416 e. The van der Waals surface area contributed by atoms with Crippen LogP contribution in [0.15, 0.2) is 42.6 Å². The zero-order valence-corrected chi connectivity index (χ0v) is 15.3. The van der Waals surface area contributed by atoms with E-state index in [0.717, 1.165) is 29.1 Å². The number of halogens is 3. The highest BCUT2D eigenvalue weighted by atomic mass is 19.4. The van der Waals surface area contributed by atoms with Crippen LogP contribution in [0.1, 0.15) is 41.0 Å². The first-order chi connectivity index (χ1) is 13.4. The van der Waals surface area contributed by atoms with Crippen molar-refractivity contribution in [2.24, 2.45) is 0 Å². The number of aryl methyl sites for hydroxylation is 1. The molecule has 146 valence electrons. The van der Waals surface area contributed by atoms with Crippen molar-refractivity contribution in [3.8, 4) is 0 Å². The number of fused-ring (bicyclic) bond motifs is 1. The van der Waals surface area contributed by atoms with Crippen LogP contribution in [0.2, 0.25) is 0 Å². The molecule has 0 radical (unpaired) electrons. The number of hydrogen-bond acceptors (Lipinski definition) is 3. The molecule has 0 bridgehead atoms. The summed E-state index contributed by atoms with van der Waals surface area (Å²) in [6.45, 7) is 3.64. The van der Waals surface area contributed by atoms with E-state index in [1.165, 1.54) is 12.1 Å². The normalized spacial score (nSPS) is 17.4. The summed E-state index contributed by atoms with van der Waals surface area (Å²) in [5.41, 5.74) is 0.860. The Bertz CT molecular complexity index is 1030. The number of amides is 1. The molecule has 0 spiro atoms. The van der Waals surface area contributed by atoms with Gasteiger partial charge >= 0.3 is 6.18 Å². The minimum atomic E-state index is -4.47. The van der Waals surface area contributed by atoms with Gasteiger partial charge in [0.05, 0.1) is 5.56 Å². The summed E-state index contributed by atoms with van der Waals surface area (Å²) in [4.78, 5) is 23.4. The maximum absolute atomic E-state index is 12.9. The molecule has 4 rings (SSSR count). The van der Waals surface area contributed by atoms with Gasteiger partial charge in [-0.25, -0.2) is 9.97 Å². The van der Waals surface area contributed by atoms with E-state index in [0.29, 0.717) is 26.1 Å². The van der Waals surface area contributed by atoms with Gasteiger partial charge in [-0.15, -0.1) is 0 Å². The molecule has 1 aliphatic heterocycles. The van der Waals surface area contributed by atoms with E-state index in [1.54, 1.807) is 11.1 Å². The molecule has 1 saturated heterocycles. The SMILES string of the molecule is CCn1c(C2CCN(C(=O)c3cccc(C(F)(F)F)c3)C2)nc2cccnc21. The van der Waals surface area contributed by atoms with Crippen LogP contribution in [0.5, 0.6) is 0 Å². The molecule has 5 nitrogen and oxygen atoms in total. The quantitative estimate of drug-likeness (QED) is 0.679. The molecular formula is C20H19F3N4O. The Morgan fingerprint density at radius 3 is 2.82 bits per heavy atom. The topological polar surface area (TPSA) is 51.0 Å². The highest BCUT2D eigenvalue weighted by Gasteiger charge is 2.34. The van der Waals surface area contributed by atoms with Crippen LogP contribution < -0.4 is 0 Å². The Kier molecular flexibility index (Phi) is 4.56. The second-order valence-electron chi connectivity index (χ2n) is 6.88. The van der Waals surface area contributed by atoms with Gasteiger partial charge in [0, 0.05) is 37.3 Å². The van der Waals surface area contributed by atoms with Gasteiger partial charge in [-0.3, -0.25) is 4.79 Å². The number of benzene rings is 1. The summed E-state index contributed by atoms with van der Waals surface area (Å²) in [6.07, 6.45) is -2.03. The van der Waals surface area contributed by atoms with Crippen molar-refractivity contribution < 1.29 is 18.0 Å². The van der Waals surface area contributed by atoms with Crippen molar-refractivity contribution in [1.82, 2.24) is 19.4 Å². The Hall–Kier alpha value is -2.90. The third-order valence-electron chi connectivity index (χ3n) is 5.13. The second kappa shape index (κ2) is 6.92. The average Bonchev–Trinajstić information content (AvgIpc) is 3.31. The Morgan fingerprint density at radius 1 is 1.25 bits per heavy atom. The van der Waals surface area contributed by atoms with Crippen molar-refractivity contribution in [3.63, 3.8) is 0 Å². The monoisotopic (exact) mass is 388 g/mol. The predicted octanol–water partition coefficient (Wildman–Crippen LogP) is 4.10. The number of imidazole rings is 1. The first-order valence-electron chi connectivity index (χ1n) is 9.16. The molecule has 1 aromatic carbocycles. The predicted molar refractivity (Wildman–Crippen MR) is 97.9 cm³/mol. The lowest BCUT2D eigenvalue weighted by Gasteiger charge is -2.18. The summed E-state index contributed by atoms with van der Waals surface area (Å²) in [5.74, 6) is 0.519. The number of carbonyl (C=O) groups excluding carboxylic acids is 1. The summed E-state index contributed by atoms with van der Waals surface area (Å²) < 4.78 is 40.8. The maximum atomic E-state index is 12.9. The number of rotatable bonds is 3. The third-order valence-corrected chi connectivity index (χ3v) is 5.13. The zero-order chi connectivity index (χ0) is 19.9. The number of likely N-dealkylation sites (tertiary alicyclic amines) is 1. The van der Waals surface area contributed by atoms with Gasteiger partial charge in [0.25, 0.3) is 5.91 Å². The lowest BCUT2D eigenvalue weighted by atomic mass is 10.1. The van der Waals surface area contributed by atoms with E-state index in [1.807, 2.05) is 23.6 Å². The fourth-order valence-electron chi connectivity index (χ4n) is 3.77. The zero-order valence-electron chi connectivity index (χ0n) is 15.3. The fraction of sp³-hybridized carbons (Fsp3) is 0.350.